The summed E-state index contributed by atoms with van der Waals surface area (Å²) in [5.74, 6) is -0.731. The molecule has 1 saturated carbocycles. The summed E-state index contributed by atoms with van der Waals surface area (Å²) >= 11 is 0. The molecule has 108 valence electrons. The number of carbonyl (C=O) groups excluding carboxylic acids is 2. The smallest absolute Gasteiger partial charge is 0.240 e. The molecule has 0 aromatic heterocycles. The fourth-order valence-corrected chi connectivity index (χ4v) is 3.25. The quantitative estimate of drug-likeness (QED) is 0.583. The molecule has 5 nitrogen and oxygen atoms in total. The molecule has 0 aromatic carbocycles. The highest BCUT2D eigenvalue weighted by Gasteiger charge is 2.53. The maximum atomic E-state index is 12.6. The first-order valence-electron chi connectivity index (χ1n) is 7.33. The van der Waals surface area contributed by atoms with Gasteiger partial charge >= 0.3 is 0 Å². The second-order valence-corrected chi connectivity index (χ2v) is 5.67. The lowest BCUT2D eigenvalue weighted by Crippen LogP contribution is -2.49. The number of nitrogens with zero attached hydrogens (tertiary/aromatic N) is 1. The fourth-order valence-electron chi connectivity index (χ4n) is 3.25. The van der Waals surface area contributed by atoms with Gasteiger partial charge < -0.3 is 9.57 Å². The summed E-state index contributed by atoms with van der Waals surface area (Å²) in [4.78, 5) is 29.9. The first-order chi connectivity index (χ1) is 9.72. The molecule has 0 spiro atoms. The Hall–Kier alpha value is -1.65. The molecule has 3 rings (SSSR count). The van der Waals surface area contributed by atoms with Crippen LogP contribution < -0.4 is 0 Å². The van der Waals surface area contributed by atoms with Gasteiger partial charge in [-0.1, -0.05) is 24.6 Å². The van der Waals surface area contributed by atoms with Crippen molar-refractivity contribution in [3.63, 3.8) is 0 Å². The number of ether oxygens (including phenoxy) is 1. The van der Waals surface area contributed by atoms with Crippen LogP contribution in [0.25, 0.3) is 0 Å². The molecule has 4 unspecified atom stereocenters. The first-order valence-corrected chi connectivity index (χ1v) is 7.33. The minimum Gasteiger partial charge on any atom is -0.478 e. The van der Waals surface area contributed by atoms with Gasteiger partial charge in [-0.2, -0.15) is 0 Å². The Labute approximate surface area is 118 Å². The van der Waals surface area contributed by atoms with Crippen molar-refractivity contribution in [1.29, 1.82) is 0 Å². The van der Waals surface area contributed by atoms with Crippen LogP contribution in [0, 0.1) is 17.8 Å². The molecule has 2 aliphatic carbocycles. The van der Waals surface area contributed by atoms with Crippen LogP contribution in [0.15, 0.2) is 17.3 Å². The summed E-state index contributed by atoms with van der Waals surface area (Å²) in [6.07, 6.45) is 6.53. The second kappa shape index (κ2) is 5.38. The Morgan fingerprint density at radius 3 is 3.05 bits per heavy atom. The number of Topliss-reactive ketones (excluding diaryl/α,β-unsaturated/α-hetero) is 1. The lowest BCUT2D eigenvalue weighted by atomic mass is 9.67. The number of hydrogen-bond donors (Lipinski definition) is 0. The van der Waals surface area contributed by atoms with Crippen molar-refractivity contribution in [2.75, 3.05) is 6.61 Å². The number of carbonyl (C=O) groups is 2. The van der Waals surface area contributed by atoms with E-state index in [1.807, 2.05) is 6.08 Å². The summed E-state index contributed by atoms with van der Waals surface area (Å²) in [6, 6.07) is 0. The second-order valence-electron chi connectivity index (χ2n) is 5.67. The third-order valence-corrected chi connectivity index (χ3v) is 4.31. The Morgan fingerprint density at radius 1 is 1.40 bits per heavy atom. The number of ketones is 2. The van der Waals surface area contributed by atoms with Crippen LogP contribution in [0.1, 0.15) is 32.6 Å². The summed E-state index contributed by atoms with van der Waals surface area (Å²) in [5.41, 5.74) is 0. The molecule has 0 radical (unpaired) electrons. The SMILES string of the molecule is CCCCOC1=NOC2CC3CC=CC(=O)C3C(=O)C12. The lowest BCUT2D eigenvalue weighted by molar-refractivity contribution is -0.141. The van der Waals surface area contributed by atoms with Gasteiger partial charge in [-0.15, -0.1) is 0 Å². The summed E-state index contributed by atoms with van der Waals surface area (Å²) < 4.78 is 5.57. The standard InChI is InChI=1S/C15H19NO4/c1-2-3-7-19-15-13-11(20-16-15)8-9-5-4-6-10(17)12(9)14(13)18/h4,6,9,11-13H,2-3,5,7-8H2,1H3. The average molecular weight is 277 g/mol. The van der Waals surface area contributed by atoms with E-state index >= 15 is 0 Å². The van der Waals surface area contributed by atoms with Crippen molar-refractivity contribution in [2.24, 2.45) is 22.9 Å². The van der Waals surface area contributed by atoms with E-state index in [2.05, 4.69) is 12.1 Å². The number of unbranched alkanes of at least 4 members (excludes halogenated alkanes) is 1. The highest BCUT2D eigenvalue weighted by atomic mass is 16.7. The maximum absolute atomic E-state index is 12.6. The van der Waals surface area contributed by atoms with E-state index in [4.69, 9.17) is 9.57 Å². The van der Waals surface area contributed by atoms with Crippen LogP contribution in [-0.2, 0) is 19.2 Å². The van der Waals surface area contributed by atoms with Gasteiger partial charge in [-0.05, 0) is 31.3 Å². The largest absolute Gasteiger partial charge is 0.478 e. The van der Waals surface area contributed by atoms with E-state index < -0.39 is 11.8 Å². The van der Waals surface area contributed by atoms with Crippen LogP contribution in [0.2, 0.25) is 0 Å². The minimum absolute atomic E-state index is 0.0615. The Balaban J connectivity index is 1.75. The van der Waals surface area contributed by atoms with E-state index in [1.54, 1.807) is 0 Å². The molecule has 3 aliphatic rings. The van der Waals surface area contributed by atoms with Crippen molar-refractivity contribution in [2.45, 2.75) is 38.7 Å². The number of fused-ring (bicyclic) bond motifs is 2. The monoisotopic (exact) mass is 277 g/mol. The van der Waals surface area contributed by atoms with Crippen LogP contribution in [0.3, 0.4) is 0 Å². The molecule has 20 heavy (non-hydrogen) atoms. The summed E-state index contributed by atoms with van der Waals surface area (Å²) in [5, 5.41) is 3.93. The van der Waals surface area contributed by atoms with Crippen molar-refractivity contribution in [3.05, 3.63) is 12.2 Å². The topological polar surface area (TPSA) is 65.0 Å². The predicted molar refractivity (Wildman–Crippen MR) is 72.0 cm³/mol. The van der Waals surface area contributed by atoms with Gasteiger partial charge in [0.05, 0.1) is 12.5 Å². The van der Waals surface area contributed by atoms with Crippen LogP contribution >= 0.6 is 0 Å². The number of hydrogen-bond acceptors (Lipinski definition) is 5. The van der Waals surface area contributed by atoms with Crippen molar-refractivity contribution in [1.82, 2.24) is 0 Å². The molecule has 1 aliphatic heterocycles. The molecule has 1 heterocycles. The Bertz CT molecular complexity index is 482. The molecule has 1 fully saturated rings. The van der Waals surface area contributed by atoms with E-state index in [0.717, 1.165) is 19.3 Å². The van der Waals surface area contributed by atoms with E-state index in [1.165, 1.54) is 6.08 Å². The average Bonchev–Trinajstić information content (AvgIpc) is 2.83. The van der Waals surface area contributed by atoms with Crippen molar-refractivity contribution in [3.8, 4) is 0 Å². The molecule has 0 saturated heterocycles. The molecular weight excluding hydrogens is 258 g/mol. The van der Waals surface area contributed by atoms with Crippen LogP contribution in [0.5, 0.6) is 0 Å². The van der Waals surface area contributed by atoms with Gasteiger partial charge in [0, 0.05) is 0 Å². The molecule has 0 N–H and O–H groups in total. The zero-order chi connectivity index (χ0) is 14.1. The predicted octanol–water partition coefficient (Wildman–Crippen LogP) is 1.87. The van der Waals surface area contributed by atoms with Gasteiger partial charge in [0.15, 0.2) is 11.6 Å². The fraction of sp³-hybridized carbons (Fsp3) is 0.667. The van der Waals surface area contributed by atoms with E-state index in [9.17, 15) is 9.59 Å². The van der Waals surface area contributed by atoms with Gasteiger partial charge in [0.2, 0.25) is 5.90 Å². The zero-order valence-corrected chi connectivity index (χ0v) is 11.6. The molecule has 5 heteroatoms. The van der Waals surface area contributed by atoms with Gasteiger partial charge in [0.1, 0.15) is 12.0 Å². The van der Waals surface area contributed by atoms with Gasteiger partial charge in [-0.3, -0.25) is 9.59 Å². The minimum atomic E-state index is -0.525. The van der Waals surface area contributed by atoms with E-state index in [0.29, 0.717) is 18.9 Å². The molecule has 0 bridgehead atoms. The summed E-state index contributed by atoms with van der Waals surface area (Å²) in [7, 11) is 0. The third-order valence-electron chi connectivity index (χ3n) is 4.31. The first kappa shape index (κ1) is 13.3. The van der Waals surface area contributed by atoms with Crippen LogP contribution in [-0.4, -0.2) is 30.2 Å². The maximum Gasteiger partial charge on any atom is 0.240 e. The third kappa shape index (κ3) is 2.15. The molecule has 0 aromatic rings. The van der Waals surface area contributed by atoms with Crippen molar-refractivity contribution < 1.29 is 19.2 Å². The van der Waals surface area contributed by atoms with Crippen molar-refractivity contribution >= 4 is 17.5 Å². The number of allylic oxidation sites excluding steroid dienone is 2. The normalized spacial score (nSPS) is 35.1. The molecule has 0 amide bonds. The summed E-state index contributed by atoms with van der Waals surface area (Å²) in [6.45, 7) is 2.61. The Kier molecular flexibility index (Phi) is 3.59. The molecule has 4 atom stereocenters. The van der Waals surface area contributed by atoms with Gasteiger partial charge in [0.25, 0.3) is 0 Å². The zero-order valence-electron chi connectivity index (χ0n) is 11.6. The van der Waals surface area contributed by atoms with Gasteiger partial charge in [-0.25, -0.2) is 0 Å². The molecular formula is C15H19NO4. The highest BCUT2D eigenvalue weighted by molar-refractivity contribution is 6.15. The lowest BCUT2D eigenvalue weighted by Gasteiger charge is -2.35. The Morgan fingerprint density at radius 2 is 2.25 bits per heavy atom. The van der Waals surface area contributed by atoms with Crippen LogP contribution in [0.4, 0.5) is 0 Å². The number of rotatable bonds is 3. The number of oxime groups is 1. The van der Waals surface area contributed by atoms with E-state index in [-0.39, 0.29) is 23.6 Å². The highest BCUT2D eigenvalue weighted by Crippen LogP contribution is 2.41.